The van der Waals surface area contributed by atoms with Crippen LogP contribution in [0.3, 0.4) is 0 Å². The van der Waals surface area contributed by atoms with Crippen molar-refractivity contribution in [3.05, 3.63) is 65.4 Å². The van der Waals surface area contributed by atoms with Gasteiger partial charge in [0.15, 0.2) is 5.78 Å². The Morgan fingerprint density at radius 2 is 2.06 bits per heavy atom. The summed E-state index contributed by atoms with van der Waals surface area (Å²) < 4.78 is 17.3. The minimum Gasteiger partial charge on any atom is -0.464 e. The molecule has 31 heavy (non-hydrogen) atoms. The van der Waals surface area contributed by atoms with Crippen molar-refractivity contribution in [3.63, 3.8) is 0 Å². The SMILES string of the molecule is Cc1cccc(OC2CC(O)CC(CCO)O2)c1C(=O)CCc1ccc2occc2c1. The number of hydrogen-bond acceptors (Lipinski definition) is 6. The molecule has 1 aromatic heterocycles. The number of aliphatic hydroxyl groups excluding tert-OH is 2. The molecule has 2 heterocycles. The molecule has 0 aliphatic carbocycles. The summed E-state index contributed by atoms with van der Waals surface area (Å²) in [6, 6.07) is 13.4. The van der Waals surface area contributed by atoms with Gasteiger partial charge in [0.2, 0.25) is 6.29 Å². The van der Waals surface area contributed by atoms with Crippen LogP contribution in [-0.4, -0.2) is 41.1 Å². The molecule has 2 N–H and O–H groups in total. The maximum absolute atomic E-state index is 13.1. The number of aliphatic hydroxyl groups is 2. The highest BCUT2D eigenvalue weighted by atomic mass is 16.7. The van der Waals surface area contributed by atoms with E-state index in [0.717, 1.165) is 22.1 Å². The van der Waals surface area contributed by atoms with Gasteiger partial charge in [-0.25, -0.2) is 0 Å². The maximum Gasteiger partial charge on any atom is 0.202 e. The van der Waals surface area contributed by atoms with Crippen LogP contribution in [0.1, 0.15) is 47.2 Å². The van der Waals surface area contributed by atoms with E-state index in [1.54, 1.807) is 12.3 Å². The van der Waals surface area contributed by atoms with Gasteiger partial charge in [0, 0.05) is 24.8 Å². The monoisotopic (exact) mass is 424 g/mol. The number of hydrogen-bond donors (Lipinski definition) is 2. The van der Waals surface area contributed by atoms with E-state index in [9.17, 15) is 15.0 Å². The fourth-order valence-electron chi connectivity index (χ4n) is 4.15. The van der Waals surface area contributed by atoms with Crippen LogP contribution in [-0.2, 0) is 11.2 Å². The van der Waals surface area contributed by atoms with Crippen LogP contribution in [0.2, 0.25) is 0 Å². The number of benzene rings is 2. The second-order valence-corrected chi connectivity index (χ2v) is 8.11. The zero-order chi connectivity index (χ0) is 21.8. The smallest absolute Gasteiger partial charge is 0.202 e. The van der Waals surface area contributed by atoms with Gasteiger partial charge in [-0.15, -0.1) is 0 Å². The lowest BCUT2D eigenvalue weighted by Crippen LogP contribution is -2.39. The van der Waals surface area contributed by atoms with Crippen molar-refractivity contribution in [2.75, 3.05) is 6.61 Å². The number of Topliss-reactive ketones (excluding diaryl/α,β-unsaturated/α-hetero) is 1. The van der Waals surface area contributed by atoms with E-state index in [0.29, 0.717) is 43.4 Å². The van der Waals surface area contributed by atoms with Crippen molar-refractivity contribution in [1.82, 2.24) is 0 Å². The highest BCUT2D eigenvalue weighted by Crippen LogP contribution is 2.29. The largest absolute Gasteiger partial charge is 0.464 e. The Hall–Kier alpha value is -2.67. The number of ketones is 1. The normalized spacial score (nSPS) is 21.3. The van der Waals surface area contributed by atoms with E-state index in [-0.39, 0.29) is 18.5 Å². The first kappa shape index (κ1) is 21.6. The third-order valence-electron chi connectivity index (χ3n) is 5.72. The molecule has 1 aliphatic heterocycles. The summed E-state index contributed by atoms with van der Waals surface area (Å²) in [7, 11) is 0. The highest BCUT2D eigenvalue weighted by Gasteiger charge is 2.30. The van der Waals surface area contributed by atoms with Crippen LogP contribution in [0.15, 0.2) is 53.1 Å². The van der Waals surface area contributed by atoms with E-state index in [1.165, 1.54) is 0 Å². The number of carbonyl (C=O) groups excluding carboxylic acids is 1. The lowest BCUT2D eigenvalue weighted by molar-refractivity contribution is -0.178. The summed E-state index contributed by atoms with van der Waals surface area (Å²) in [4.78, 5) is 13.1. The number of carbonyl (C=O) groups is 1. The maximum atomic E-state index is 13.1. The molecule has 6 nitrogen and oxygen atoms in total. The zero-order valence-electron chi connectivity index (χ0n) is 17.6. The molecule has 0 bridgehead atoms. The Labute approximate surface area is 181 Å². The van der Waals surface area contributed by atoms with Gasteiger partial charge in [0.05, 0.1) is 24.0 Å². The molecule has 3 unspecified atom stereocenters. The average Bonchev–Trinajstić information content (AvgIpc) is 3.20. The molecule has 3 aromatic rings. The van der Waals surface area contributed by atoms with E-state index >= 15 is 0 Å². The van der Waals surface area contributed by atoms with Gasteiger partial charge in [-0.2, -0.15) is 0 Å². The first-order valence-corrected chi connectivity index (χ1v) is 10.7. The second kappa shape index (κ2) is 9.64. The fraction of sp³-hybridized carbons (Fsp3) is 0.400. The zero-order valence-corrected chi connectivity index (χ0v) is 17.6. The molecule has 3 atom stereocenters. The van der Waals surface area contributed by atoms with E-state index < -0.39 is 12.4 Å². The number of aryl methyl sites for hydroxylation is 2. The molecule has 0 amide bonds. The Morgan fingerprint density at radius 3 is 2.90 bits per heavy atom. The van der Waals surface area contributed by atoms with Gasteiger partial charge in [0.25, 0.3) is 0 Å². The minimum absolute atomic E-state index is 0.00339. The number of rotatable bonds is 8. The Morgan fingerprint density at radius 1 is 1.19 bits per heavy atom. The molecule has 6 heteroatoms. The van der Waals surface area contributed by atoms with Gasteiger partial charge >= 0.3 is 0 Å². The molecule has 0 spiro atoms. The van der Waals surface area contributed by atoms with E-state index in [4.69, 9.17) is 13.9 Å². The Bertz CT molecular complexity index is 1040. The lowest BCUT2D eigenvalue weighted by atomic mass is 9.97. The third kappa shape index (κ3) is 5.15. The molecule has 164 valence electrons. The standard InChI is InChI=1S/C25H28O6/c1-16-3-2-4-23(31-24-15-19(27)14-20(30-24)9-11-26)25(16)21(28)7-5-17-6-8-22-18(13-17)10-12-29-22/h2-4,6,8,10,12-13,19-20,24,26-27H,5,7,9,11,14-15H2,1H3. The fourth-order valence-corrected chi connectivity index (χ4v) is 4.15. The molecule has 1 saturated heterocycles. The number of furan rings is 1. The van der Waals surface area contributed by atoms with Gasteiger partial charge < -0.3 is 24.1 Å². The first-order chi connectivity index (χ1) is 15.0. The van der Waals surface area contributed by atoms with Crippen molar-refractivity contribution in [2.45, 2.75) is 57.5 Å². The van der Waals surface area contributed by atoms with Gasteiger partial charge in [-0.05, 0) is 61.6 Å². The lowest BCUT2D eigenvalue weighted by Gasteiger charge is -2.33. The third-order valence-corrected chi connectivity index (χ3v) is 5.72. The van der Waals surface area contributed by atoms with Crippen LogP contribution < -0.4 is 4.74 Å². The molecule has 1 aliphatic rings. The highest BCUT2D eigenvalue weighted by molar-refractivity contribution is 6.00. The van der Waals surface area contributed by atoms with E-state index in [1.807, 2.05) is 43.3 Å². The van der Waals surface area contributed by atoms with Crippen LogP contribution in [0, 0.1) is 6.92 Å². The predicted molar refractivity (Wildman–Crippen MR) is 116 cm³/mol. The van der Waals surface area contributed by atoms with E-state index in [2.05, 4.69) is 0 Å². The summed E-state index contributed by atoms with van der Waals surface area (Å²) in [6.45, 7) is 1.88. The molecule has 4 rings (SSSR count). The molecule has 0 saturated carbocycles. The van der Waals surface area contributed by atoms with Crippen LogP contribution >= 0.6 is 0 Å². The summed E-state index contributed by atoms with van der Waals surface area (Å²) >= 11 is 0. The van der Waals surface area contributed by atoms with Crippen molar-refractivity contribution in [2.24, 2.45) is 0 Å². The van der Waals surface area contributed by atoms with Crippen LogP contribution in [0.4, 0.5) is 0 Å². The predicted octanol–water partition coefficient (Wildman–Crippen LogP) is 4.18. The van der Waals surface area contributed by atoms with Crippen molar-refractivity contribution < 1.29 is 28.9 Å². The minimum atomic E-state index is -0.655. The van der Waals surface area contributed by atoms with Crippen LogP contribution in [0.5, 0.6) is 5.75 Å². The number of ether oxygens (including phenoxy) is 2. The van der Waals surface area contributed by atoms with Gasteiger partial charge in [-0.1, -0.05) is 18.2 Å². The second-order valence-electron chi connectivity index (χ2n) is 8.11. The Kier molecular flexibility index (Phi) is 6.70. The number of fused-ring (bicyclic) bond motifs is 1. The topological polar surface area (TPSA) is 89.1 Å². The summed E-state index contributed by atoms with van der Waals surface area (Å²) in [5, 5.41) is 20.3. The summed E-state index contributed by atoms with van der Waals surface area (Å²) in [5.41, 5.74) is 3.30. The molecule has 2 aromatic carbocycles. The quantitative estimate of drug-likeness (QED) is 0.527. The summed E-state index contributed by atoms with van der Waals surface area (Å²) in [5.74, 6) is 0.473. The van der Waals surface area contributed by atoms with Crippen molar-refractivity contribution in [1.29, 1.82) is 0 Å². The van der Waals surface area contributed by atoms with Crippen LogP contribution in [0.25, 0.3) is 11.0 Å². The van der Waals surface area contributed by atoms with Gasteiger partial charge in [0.1, 0.15) is 11.3 Å². The van der Waals surface area contributed by atoms with Crippen molar-refractivity contribution >= 4 is 16.8 Å². The molecule has 0 radical (unpaired) electrons. The molecule has 1 fully saturated rings. The molecular weight excluding hydrogens is 396 g/mol. The van der Waals surface area contributed by atoms with Gasteiger partial charge in [-0.3, -0.25) is 4.79 Å². The Balaban J connectivity index is 1.47. The average molecular weight is 424 g/mol. The molecular formula is C25H28O6. The summed E-state index contributed by atoms with van der Waals surface area (Å²) in [6.07, 6.45) is 2.39. The first-order valence-electron chi connectivity index (χ1n) is 10.7. The van der Waals surface area contributed by atoms with Crippen molar-refractivity contribution in [3.8, 4) is 5.75 Å².